The van der Waals surface area contributed by atoms with Crippen molar-refractivity contribution in [2.75, 3.05) is 7.11 Å². The number of ether oxygens (including phenoxy) is 1. The molecule has 0 aromatic carbocycles. The summed E-state index contributed by atoms with van der Waals surface area (Å²) in [6.07, 6.45) is 3.64. The minimum absolute atomic E-state index is 0.212. The average Bonchev–Trinajstić information content (AvgIpc) is 2.09. The van der Waals surface area contributed by atoms with Crippen LogP contribution >= 0.6 is 11.6 Å². The SMILES string of the molecule is COC1(O)C=CC(Cl)=CC1[N+](=O)[O-]. The number of rotatable bonds is 2. The molecule has 0 aromatic heterocycles. The van der Waals surface area contributed by atoms with Gasteiger partial charge in [-0.05, 0) is 12.2 Å². The van der Waals surface area contributed by atoms with Crippen molar-refractivity contribution < 1.29 is 14.8 Å². The Kier molecular flexibility index (Phi) is 2.70. The highest BCUT2D eigenvalue weighted by atomic mass is 35.5. The monoisotopic (exact) mass is 205 g/mol. The Morgan fingerprint density at radius 3 is 2.92 bits per heavy atom. The van der Waals surface area contributed by atoms with Crippen molar-refractivity contribution in [1.82, 2.24) is 0 Å². The van der Waals surface area contributed by atoms with E-state index in [2.05, 4.69) is 4.74 Å². The Bertz CT molecular complexity index is 288. The highest BCUT2D eigenvalue weighted by molar-refractivity contribution is 6.31. The minimum atomic E-state index is -1.90. The first kappa shape index (κ1) is 10.2. The predicted octanol–water partition coefficient (Wildman–Crippen LogP) is 0.659. The van der Waals surface area contributed by atoms with Crippen LogP contribution in [0.25, 0.3) is 0 Å². The van der Waals surface area contributed by atoms with Crippen molar-refractivity contribution in [3.05, 3.63) is 33.4 Å². The van der Waals surface area contributed by atoms with Gasteiger partial charge in [0.25, 0.3) is 11.8 Å². The summed E-state index contributed by atoms with van der Waals surface area (Å²) in [5.74, 6) is -1.90. The molecule has 0 bridgehead atoms. The van der Waals surface area contributed by atoms with Crippen LogP contribution in [-0.2, 0) is 4.74 Å². The molecular weight excluding hydrogens is 198 g/mol. The van der Waals surface area contributed by atoms with Gasteiger partial charge in [-0.15, -0.1) is 0 Å². The summed E-state index contributed by atoms with van der Waals surface area (Å²) in [4.78, 5) is 9.85. The largest absolute Gasteiger partial charge is 0.357 e. The van der Waals surface area contributed by atoms with Gasteiger partial charge in [0, 0.05) is 23.1 Å². The van der Waals surface area contributed by atoms with Crippen LogP contribution in [0.2, 0.25) is 0 Å². The van der Waals surface area contributed by atoms with Crippen LogP contribution in [-0.4, -0.2) is 29.0 Å². The van der Waals surface area contributed by atoms with Gasteiger partial charge in [0.15, 0.2) is 0 Å². The molecule has 2 unspecified atom stereocenters. The number of allylic oxidation sites excluding steroid dienone is 2. The quantitative estimate of drug-likeness (QED) is 0.408. The molecule has 1 rings (SSSR count). The number of nitrogens with zero attached hydrogens (tertiary/aromatic N) is 1. The molecule has 0 saturated carbocycles. The number of hydrogen-bond acceptors (Lipinski definition) is 4. The van der Waals surface area contributed by atoms with Crippen LogP contribution in [0, 0.1) is 10.1 Å². The van der Waals surface area contributed by atoms with Crippen LogP contribution in [0.15, 0.2) is 23.3 Å². The van der Waals surface area contributed by atoms with Gasteiger partial charge in [-0.25, -0.2) is 0 Å². The number of halogens is 1. The zero-order valence-corrected chi connectivity index (χ0v) is 7.56. The summed E-state index contributed by atoms with van der Waals surface area (Å²) in [5, 5.41) is 20.3. The molecule has 0 aromatic rings. The van der Waals surface area contributed by atoms with Gasteiger partial charge in [-0.2, -0.15) is 0 Å². The molecule has 13 heavy (non-hydrogen) atoms. The molecule has 0 saturated heterocycles. The molecule has 2 atom stereocenters. The summed E-state index contributed by atoms with van der Waals surface area (Å²) in [6, 6.07) is -1.37. The Hall–Kier alpha value is -0.910. The van der Waals surface area contributed by atoms with E-state index < -0.39 is 16.8 Å². The molecule has 0 radical (unpaired) electrons. The van der Waals surface area contributed by atoms with Crippen LogP contribution in [0.3, 0.4) is 0 Å². The molecule has 0 spiro atoms. The lowest BCUT2D eigenvalue weighted by Crippen LogP contribution is -2.47. The predicted molar refractivity (Wildman–Crippen MR) is 45.8 cm³/mol. The number of hydrogen-bond donors (Lipinski definition) is 1. The van der Waals surface area contributed by atoms with Crippen LogP contribution in [0.4, 0.5) is 0 Å². The molecule has 1 N–H and O–H groups in total. The lowest BCUT2D eigenvalue weighted by atomic mass is 10.0. The van der Waals surface area contributed by atoms with Crippen LogP contribution < -0.4 is 0 Å². The van der Waals surface area contributed by atoms with Gasteiger partial charge in [-0.1, -0.05) is 11.6 Å². The van der Waals surface area contributed by atoms with E-state index in [1.165, 1.54) is 13.2 Å². The lowest BCUT2D eigenvalue weighted by Gasteiger charge is -2.26. The Labute approximate surface area is 79.4 Å². The first-order valence-electron chi connectivity index (χ1n) is 3.47. The fourth-order valence-electron chi connectivity index (χ4n) is 1.02. The third-order valence-corrected chi connectivity index (χ3v) is 2.03. The number of nitro groups is 1. The normalized spacial score (nSPS) is 32.8. The maximum absolute atomic E-state index is 10.5. The Morgan fingerprint density at radius 2 is 2.46 bits per heavy atom. The molecule has 0 fully saturated rings. The summed E-state index contributed by atoms with van der Waals surface area (Å²) in [7, 11) is 1.19. The molecule has 0 heterocycles. The molecule has 5 nitrogen and oxygen atoms in total. The first-order chi connectivity index (χ1) is 5.99. The summed E-state index contributed by atoms with van der Waals surface area (Å²) < 4.78 is 4.62. The Morgan fingerprint density at radius 1 is 1.85 bits per heavy atom. The van der Waals surface area contributed by atoms with E-state index in [1.807, 2.05) is 0 Å². The van der Waals surface area contributed by atoms with Crippen molar-refractivity contribution in [2.24, 2.45) is 0 Å². The smallest absolute Gasteiger partial charge is 0.289 e. The van der Waals surface area contributed by atoms with E-state index in [-0.39, 0.29) is 5.03 Å². The van der Waals surface area contributed by atoms with E-state index >= 15 is 0 Å². The Balaban J connectivity index is 3.01. The topological polar surface area (TPSA) is 72.6 Å². The van der Waals surface area contributed by atoms with Crippen molar-refractivity contribution in [2.45, 2.75) is 11.8 Å². The second-order valence-corrected chi connectivity index (χ2v) is 3.01. The van der Waals surface area contributed by atoms with Crippen molar-refractivity contribution in [1.29, 1.82) is 0 Å². The summed E-state index contributed by atoms with van der Waals surface area (Å²) >= 11 is 5.54. The van der Waals surface area contributed by atoms with Crippen LogP contribution in [0.5, 0.6) is 0 Å². The third-order valence-electron chi connectivity index (χ3n) is 1.78. The average molecular weight is 206 g/mol. The van der Waals surface area contributed by atoms with Crippen molar-refractivity contribution in [3.8, 4) is 0 Å². The lowest BCUT2D eigenvalue weighted by molar-refractivity contribution is -0.545. The molecule has 1 aliphatic carbocycles. The molecule has 0 aliphatic heterocycles. The van der Waals surface area contributed by atoms with Gasteiger partial charge in [0.05, 0.1) is 0 Å². The molecule has 0 amide bonds. The van der Waals surface area contributed by atoms with Crippen molar-refractivity contribution >= 4 is 11.6 Å². The molecule has 1 aliphatic rings. The molecule has 6 heteroatoms. The second kappa shape index (κ2) is 3.45. The van der Waals surface area contributed by atoms with E-state index in [0.29, 0.717) is 0 Å². The van der Waals surface area contributed by atoms with E-state index in [0.717, 1.165) is 12.2 Å². The minimum Gasteiger partial charge on any atom is -0.357 e. The summed E-state index contributed by atoms with van der Waals surface area (Å²) in [5.41, 5.74) is 0. The van der Waals surface area contributed by atoms with E-state index in [9.17, 15) is 15.2 Å². The van der Waals surface area contributed by atoms with Gasteiger partial charge in [0.1, 0.15) is 0 Å². The third kappa shape index (κ3) is 1.88. The van der Waals surface area contributed by atoms with E-state index in [4.69, 9.17) is 11.6 Å². The highest BCUT2D eigenvalue weighted by Gasteiger charge is 2.44. The second-order valence-electron chi connectivity index (χ2n) is 2.57. The van der Waals surface area contributed by atoms with Gasteiger partial charge >= 0.3 is 0 Å². The first-order valence-corrected chi connectivity index (χ1v) is 3.85. The van der Waals surface area contributed by atoms with Gasteiger partial charge in [-0.3, -0.25) is 10.1 Å². The standard InChI is InChI=1S/C7H8ClNO4/c1-13-7(10)3-2-5(8)4-6(7)9(11)12/h2-4,6,10H,1H3. The molecular formula is C7H8ClNO4. The van der Waals surface area contributed by atoms with Gasteiger partial charge < -0.3 is 9.84 Å². The number of aliphatic hydroxyl groups is 1. The van der Waals surface area contributed by atoms with Crippen molar-refractivity contribution in [3.63, 3.8) is 0 Å². The van der Waals surface area contributed by atoms with Gasteiger partial charge in [0.2, 0.25) is 0 Å². The fourth-order valence-corrected chi connectivity index (χ4v) is 1.21. The zero-order valence-electron chi connectivity index (χ0n) is 6.81. The number of methoxy groups -OCH3 is 1. The maximum atomic E-state index is 10.5. The molecule has 72 valence electrons. The zero-order chi connectivity index (χ0) is 10.1. The fraction of sp³-hybridized carbons (Fsp3) is 0.429. The summed E-state index contributed by atoms with van der Waals surface area (Å²) in [6.45, 7) is 0. The van der Waals surface area contributed by atoms with Crippen LogP contribution in [0.1, 0.15) is 0 Å². The van der Waals surface area contributed by atoms with E-state index in [1.54, 1.807) is 0 Å². The maximum Gasteiger partial charge on any atom is 0.289 e. The highest BCUT2D eigenvalue weighted by Crippen LogP contribution is 2.25.